The average Bonchev–Trinajstić information content (AvgIpc) is 3.06. The highest BCUT2D eigenvalue weighted by Crippen LogP contribution is 2.32. The molecule has 1 saturated heterocycles. The molecule has 0 bridgehead atoms. The Morgan fingerprint density at radius 2 is 2.38 bits per heavy atom. The van der Waals surface area contributed by atoms with E-state index in [1.807, 2.05) is 0 Å². The molecule has 1 saturated carbocycles. The number of nitrogens with two attached hydrogens (primary N) is 1. The Bertz CT molecular complexity index is 266. The zero-order valence-corrected chi connectivity index (χ0v) is 9.87. The van der Waals surface area contributed by atoms with Crippen LogP contribution < -0.4 is 11.1 Å². The van der Waals surface area contributed by atoms with Gasteiger partial charge in [-0.15, -0.1) is 0 Å². The molecule has 0 aromatic carbocycles. The average molecular weight is 227 g/mol. The van der Waals surface area contributed by atoms with Crippen LogP contribution >= 0.6 is 0 Å². The number of carbonyl (C=O) groups is 1. The first kappa shape index (κ1) is 11.8. The number of ether oxygens (including phenoxy) is 1. The van der Waals surface area contributed by atoms with Crippen molar-refractivity contribution in [2.24, 2.45) is 5.73 Å². The van der Waals surface area contributed by atoms with E-state index in [1.54, 1.807) is 0 Å². The first-order valence-corrected chi connectivity index (χ1v) is 6.05. The van der Waals surface area contributed by atoms with Crippen LogP contribution in [-0.4, -0.2) is 55.2 Å². The Hall–Kier alpha value is -0.650. The van der Waals surface area contributed by atoms with E-state index in [2.05, 4.69) is 17.1 Å². The molecule has 92 valence electrons. The van der Waals surface area contributed by atoms with Gasteiger partial charge in [-0.2, -0.15) is 0 Å². The van der Waals surface area contributed by atoms with Crippen LogP contribution in [0.25, 0.3) is 0 Å². The Labute approximate surface area is 96.3 Å². The summed E-state index contributed by atoms with van der Waals surface area (Å²) in [5.41, 5.74) is 5.23. The molecular formula is C11H21N3O2. The summed E-state index contributed by atoms with van der Waals surface area (Å²) in [4.78, 5) is 13.9. The van der Waals surface area contributed by atoms with Gasteiger partial charge in [-0.25, -0.2) is 0 Å². The van der Waals surface area contributed by atoms with Gasteiger partial charge in [-0.3, -0.25) is 9.69 Å². The molecule has 2 aliphatic rings. The molecule has 3 N–H and O–H groups in total. The molecule has 1 aliphatic heterocycles. The van der Waals surface area contributed by atoms with Crippen molar-refractivity contribution < 1.29 is 9.53 Å². The lowest BCUT2D eigenvalue weighted by atomic mass is 10.2. The number of hydrogen-bond acceptors (Lipinski definition) is 4. The summed E-state index contributed by atoms with van der Waals surface area (Å²) in [7, 11) is 0. The number of carbonyl (C=O) groups excluding carboxylic acids is 1. The van der Waals surface area contributed by atoms with Gasteiger partial charge in [0.15, 0.2) is 0 Å². The number of hydrogen-bond donors (Lipinski definition) is 2. The number of rotatable bonds is 4. The van der Waals surface area contributed by atoms with Crippen molar-refractivity contribution in [3.63, 3.8) is 0 Å². The molecule has 0 radical (unpaired) electrons. The largest absolute Gasteiger partial charge is 0.374 e. The van der Waals surface area contributed by atoms with Crippen LogP contribution in [0.2, 0.25) is 0 Å². The van der Waals surface area contributed by atoms with Gasteiger partial charge in [0.2, 0.25) is 5.91 Å². The Kier molecular flexibility index (Phi) is 3.47. The minimum atomic E-state index is -0.570. The van der Waals surface area contributed by atoms with Crippen molar-refractivity contribution in [3.8, 4) is 0 Å². The fourth-order valence-corrected chi connectivity index (χ4v) is 1.94. The Morgan fingerprint density at radius 1 is 1.62 bits per heavy atom. The minimum absolute atomic E-state index is 0.0234. The molecule has 1 unspecified atom stereocenters. The second kappa shape index (κ2) is 4.69. The predicted octanol–water partition coefficient (Wildman–Crippen LogP) is -0.685. The van der Waals surface area contributed by atoms with E-state index in [-0.39, 0.29) is 12.0 Å². The van der Waals surface area contributed by atoms with E-state index in [4.69, 9.17) is 10.5 Å². The van der Waals surface area contributed by atoms with Crippen LogP contribution in [0.1, 0.15) is 19.8 Å². The van der Waals surface area contributed by atoms with Crippen LogP contribution in [0.15, 0.2) is 0 Å². The zero-order valence-electron chi connectivity index (χ0n) is 9.87. The van der Waals surface area contributed by atoms with Crippen LogP contribution in [0, 0.1) is 0 Å². The monoisotopic (exact) mass is 227 g/mol. The number of amides is 1. The number of morpholine rings is 1. The molecule has 2 rings (SSSR count). The van der Waals surface area contributed by atoms with Gasteiger partial charge in [0.25, 0.3) is 0 Å². The van der Waals surface area contributed by atoms with Gasteiger partial charge in [0.05, 0.1) is 18.2 Å². The van der Waals surface area contributed by atoms with E-state index in [1.165, 1.54) is 0 Å². The molecule has 1 amide bonds. The summed E-state index contributed by atoms with van der Waals surface area (Å²) in [5.74, 6) is -0.0234. The van der Waals surface area contributed by atoms with E-state index >= 15 is 0 Å². The third-order valence-corrected chi connectivity index (χ3v) is 3.40. The SMILES string of the molecule is CCN1CCOC(CNC(=O)C2(N)CC2)C1. The van der Waals surface area contributed by atoms with Gasteiger partial charge < -0.3 is 15.8 Å². The smallest absolute Gasteiger partial charge is 0.240 e. The van der Waals surface area contributed by atoms with Crippen molar-refractivity contribution in [2.45, 2.75) is 31.4 Å². The van der Waals surface area contributed by atoms with E-state index in [9.17, 15) is 4.79 Å². The lowest BCUT2D eigenvalue weighted by molar-refractivity contribution is -0.124. The summed E-state index contributed by atoms with van der Waals surface area (Å²) in [6.07, 6.45) is 1.73. The molecule has 16 heavy (non-hydrogen) atoms. The summed E-state index contributed by atoms with van der Waals surface area (Å²) in [6.45, 7) is 6.39. The maximum atomic E-state index is 11.6. The van der Waals surface area contributed by atoms with Gasteiger partial charge in [0, 0.05) is 19.6 Å². The number of nitrogens with zero attached hydrogens (tertiary/aromatic N) is 1. The van der Waals surface area contributed by atoms with Crippen molar-refractivity contribution in [2.75, 3.05) is 32.8 Å². The van der Waals surface area contributed by atoms with Crippen LogP contribution in [0.5, 0.6) is 0 Å². The van der Waals surface area contributed by atoms with Crippen molar-refractivity contribution in [1.29, 1.82) is 0 Å². The highest BCUT2D eigenvalue weighted by Gasteiger charge is 2.45. The summed E-state index contributed by atoms with van der Waals surface area (Å²) >= 11 is 0. The third-order valence-electron chi connectivity index (χ3n) is 3.40. The molecule has 1 aliphatic carbocycles. The molecule has 5 nitrogen and oxygen atoms in total. The maximum absolute atomic E-state index is 11.6. The fraction of sp³-hybridized carbons (Fsp3) is 0.909. The van der Waals surface area contributed by atoms with Crippen LogP contribution in [0.3, 0.4) is 0 Å². The standard InChI is InChI=1S/C11H21N3O2/c1-2-14-5-6-16-9(8-14)7-13-10(15)11(12)3-4-11/h9H,2-8,12H2,1H3,(H,13,15). The molecule has 0 spiro atoms. The van der Waals surface area contributed by atoms with Gasteiger partial charge in [0.1, 0.15) is 0 Å². The molecule has 5 heteroatoms. The van der Waals surface area contributed by atoms with Crippen LogP contribution in [-0.2, 0) is 9.53 Å². The van der Waals surface area contributed by atoms with E-state index < -0.39 is 5.54 Å². The van der Waals surface area contributed by atoms with E-state index in [0.717, 1.165) is 39.1 Å². The predicted molar refractivity (Wildman–Crippen MR) is 61.0 cm³/mol. The molecule has 0 aromatic heterocycles. The summed E-state index contributed by atoms with van der Waals surface area (Å²) in [6, 6.07) is 0. The fourth-order valence-electron chi connectivity index (χ4n) is 1.94. The molecule has 1 atom stereocenters. The van der Waals surface area contributed by atoms with Crippen LogP contribution in [0.4, 0.5) is 0 Å². The first-order valence-electron chi connectivity index (χ1n) is 6.05. The topological polar surface area (TPSA) is 67.6 Å². The van der Waals surface area contributed by atoms with Gasteiger partial charge in [-0.1, -0.05) is 6.92 Å². The Morgan fingerprint density at radius 3 is 3.00 bits per heavy atom. The lowest BCUT2D eigenvalue weighted by Crippen LogP contribution is -2.50. The number of likely N-dealkylation sites (N-methyl/N-ethyl adjacent to an activating group) is 1. The second-order valence-corrected chi connectivity index (χ2v) is 4.75. The Balaban J connectivity index is 1.71. The second-order valence-electron chi connectivity index (χ2n) is 4.75. The molecule has 2 fully saturated rings. The zero-order chi connectivity index (χ0) is 11.6. The molecule has 0 aromatic rings. The summed E-state index contributed by atoms with van der Waals surface area (Å²) in [5, 5.41) is 2.88. The highest BCUT2D eigenvalue weighted by atomic mass is 16.5. The normalized spacial score (nSPS) is 28.8. The van der Waals surface area contributed by atoms with Gasteiger partial charge >= 0.3 is 0 Å². The minimum Gasteiger partial charge on any atom is -0.374 e. The van der Waals surface area contributed by atoms with Crippen molar-refractivity contribution in [1.82, 2.24) is 10.2 Å². The summed E-state index contributed by atoms with van der Waals surface area (Å²) < 4.78 is 5.60. The molecular weight excluding hydrogens is 206 g/mol. The first-order chi connectivity index (χ1) is 7.64. The third kappa shape index (κ3) is 2.72. The van der Waals surface area contributed by atoms with Crippen molar-refractivity contribution in [3.05, 3.63) is 0 Å². The quantitative estimate of drug-likeness (QED) is 0.667. The van der Waals surface area contributed by atoms with E-state index in [0.29, 0.717) is 6.54 Å². The van der Waals surface area contributed by atoms with Gasteiger partial charge in [-0.05, 0) is 19.4 Å². The lowest BCUT2D eigenvalue weighted by Gasteiger charge is -2.32. The maximum Gasteiger partial charge on any atom is 0.240 e. The number of nitrogens with one attached hydrogen (secondary N) is 1. The molecule has 1 heterocycles. The highest BCUT2D eigenvalue weighted by molar-refractivity contribution is 5.88. The van der Waals surface area contributed by atoms with Crippen molar-refractivity contribution >= 4 is 5.91 Å².